The second kappa shape index (κ2) is 12.0. The van der Waals surface area contributed by atoms with Crippen molar-refractivity contribution in [2.75, 3.05) is 30.8 Å². The van der Waals surface area contributed by atoms with Crippen LogP contribution in [0.3, 0.4) is 0 Å². The Morgan fingerprint density at radius 3 is 2.48 bits per heavy atom. The number of carbonyl (C=O) groups excluding carboxylic acids is 2. The number of halogens is 1. The van der Waals surface area contributed by atoms with Gasteiger partial charge in [-0.25, -0.2) is 0 Å². The van der Waals surface area contributed by atoms with Crippen LogP contribution in [0, 0.1) is 11.8 Å². The third-order valence-electron chi connectivity index (χ3n) is 5.96. The van der Waals surface area contributed by atoms with Gasteiger partial charge in [-0.3, -0.25) is 9.59 Å². The summed E-state index contributed by atoms with van der Waals surface area (Å²) in [5.74, 6) is 1.38. The number of ether oxygens (including phenoxy) is 1. The van der Waals surface area contributed by atoms with Crippen LogP contribution >= 0.6 is 12.4 Å². The van der Waals surface area contributed by atoms with Gasteiger partial charge in [0, 0.05) is 18.0 Å². The highest BCUT2D eigenvalue weighted by molar-refractivity contribution is 5.96. The zero-order valence-corrected chi connectivity index (χ0v) is 18.1. The molecule has 0 bridgehead atoms. The topological polar surface area (TPSA) is 79.5 Å². The molecule has 0 aromatic heterocycles. The molecule has 1 aromatic rings. The first kappa shape index (κ1) is 23.5. The van der Waals surface area contributed by atoms with Crippen LogP contribution in [0.5, 0.6) is 5.75 Å². The Morgan fingerprint density at radius 2 is 1.79 bits per heavy atom. The number of hydrogen-bond acceptors (Lipinski definition) is 4. The molecule has 0 atom stereocenters. The Kier molecular flexibility index (Phi) is 9.74. The maximum atomic E-state index is 12.6. The van der Waals surface area contributed by atoms with E-state index in [1.54, 1.807) is 19.2 Å². The largest absolute Gasteiger partial charge is 0.495 e. The monoisotopic (exact) mass is 423 g/mol. The Labute approximate surface area is 179 Å². The Morgan fingerprint density at radius 1 is 1.07 bits per heavy atom. The molecule has 7 heteroatoms. The lowest BCUT2D eigenvalue weighted by Gasteiger charge is -2.22. The van der Waals surface area contributed by atoms with Gasteiger partial charge in [0.1, 0.15) is 5.75 Å². The molecule has 1 aliphatic heterocycles. The molecule has 1 heterocycles. The summed E-state index contributed by atoms with van der Waals surface area (Å²) in [7, 11) is 1.59. The molecule has 2 amide bonds. The molecule has 0 radical (unpaired) electrons. The van der Waals surface area contributed by atoms with Crippen molar-refractivity contribution in [3.8, 4) is 5.75 Å². The van der Waals surface area contributed by atoms with Crippen LogP contribution in [0.25, 0.3) is 0 Å². The third kappa shape index (κ3) is 7.19. The summed E-state index contributed by atoms with van der Waals surface area (Å²) < 4.78 is 5.39. The summed E-state index contributed by atoms with van der Waals surface area (Å²) in [4.78, 5) is 24.9. The number of hydrogen-bond donors (Lipinski definition) is 3. The fourth-order valence-electron chi connectivity index (χ4n) is 4.21. The summed E-state index contributed by atoms with van der Waals surface area (Å²) in [5, 5.41) is 9.32. The van der Waals surface area contributed by atoms with E-state index < -0.39 is 0 Å². The van der Waals surface area contributed by atoms with E-state index in [4.69, 9.17) is 4.74 Å². The third-order valence-corrected chi connectivity index (χ3v) is 5.96. The average molecular weight is 424 g/mol. The Hall–Kier alpha value is -1.79. The van der Waals surface area contributed by atoms with Gasteiger partial charge in [0.15, 0.2) is 0 Å². The van der Waals surface area contributed by atoms with Gasteiger partial charge in [-0.1, -0.05) is 19.3 Å². The summed E-state index contributed by atoms with van der Waals surface area (Å²) in [6.07, 6.45) is 9.08. The zero-order valence-electron chi connectivity index (χ0n) is 17.3. The van der Waals surface area contributed by atoms with Gasteiger partial charge >= 0.3 is 0 Å². The van der Waals surface area contributed by atoms with E-state index in [-0.39, 0.29) is 30.1 Å². The van der Waals surface area contributed by atoms with E-state index in [9.17, 15) is 9.59 Å². The van der Waals surface area contributed by atoms with E-state index in [1.807, 2.05) is 6.07 Å². The number of carbonyl (C=O) groups is 2. The molecule has 1 aromatic carbocycles. The predicted octanol–water partition coefficient (Wildman–Crippen LogP) is 4.35. The first-order valence-electron chi connectivity index (χ1n) is 10.6. The second-order valence-electron chi connectivity index (χ2n) is 8.02. The molecule has 0 unspecified atom stereocenters. The molecule has 1 aliphatic carbocycles. The quantitative estimate of drug-likeness (QED) is 0.609. The number of methoxy groups -OCH3 is 1. The van der Waals surface area contributed by atoms with Gasteiger partial charge in [0.25, 0.3) is 0 Å². The van der Waals surface area contributed by atoms with Crippen molar-refractivity contribution < 1.29 is 14.3 Å². The fourth-order valence-corrected chi connectivity index (χ4v) is 4.21. The van der Waals surface area contributed by atoms with E-state index >= 15 is 0 Å². The van der Waals surface area contributed by atoms with Gasteiger partial charge in [-0.05, 0) is 69.3 Å². The summed E-state index contributed by atoms with van der Waals surface area (Å²) in [6.45, 7) is 2.10. The van der Waals surface area contributed by atoms with Crippen LogP contribution in [0.2, 0.25) is 0 Å². The van der Waals surface area contributed by atoms with Gasteiger partial charge in [-0.2, -0.15) is 0 Å². The number of anilines is 2. The molecule has 0 spiro atoms. The van der Waals surface area contributed by atoms with Crippen molar-refractivity contribution in [3.05, 3.63) is 18.2 Å². The molecular formula is C22H34ClN3O3. The van der Waals surface area contributed by atoms with Crippen LogP contribution in [0.1, 0.15) is 57.8 Å². The minimum absolute atomic E-state index is 0. The molecule has 2 aliphatic rings. The van der Waals surface area contributed by atoms with E-state index in [1.165, 1.54) is 6.42 Å². The lowest BCUT2D eigenvalue weighted by Crippen LogP contribution is -2.28. The molecule has 6 nitrogen and oxygen atoms in total. The standard InChI is InChI=1S/C22H33N3O3.ClH/c1-28-20-9-8-18(24-21(26)10-7-16-11-13-23-14-12-16)15-19(20)25-22(27)17-5-3-2-4-6-17;/h8-9,15-17,23H,2-7,10-14H2,1H3,(H,24,26)(H,25,27);1H. The summed E-state index contributed by atoms with van der Waals surface area (Å²) in [6, 6.07) is 5.40. The van der Waals surface area contributed by atoms with Gasteiger partial charge in [0.05, 0.1) is 12.8 Å². The molecular weight excluding hydrogens is 390 g/mol. The number of amides is 2. The van der Waals surface area contributed by atoms with Crippen molar-refractivity contribution in [3.63, 3.8) is 0 Å². The highest BCUT2D eigenvalue weighted by Crippen LogP contribution is 2.31. The van der Waals surface area contributed by atoms with Gasteiger partial charge in [-0.15, -0.1) is 12.4 Å². The maximum absolute atomic E-state index is 12.6. The summed E-state index contributed by atoms with van der Waals surface area (Å²) >= 11 is 0. The first-order valence-corrected chi connectivity index (χ1v) is 10.6. The van der Waals surface area contributed by atoms with Crippen LogP contribution < -0.4 is 20.7 Å². The van der Waals surface area contributed by atoms with Crippen LogP contribution in [-0.2, 0) is 9.59 Å². The van der Waals surface area contributed by atoms with Crippen molar-refractivity contribution in [1.29, 1.82) is 0 Å². The van der Waals surface area contributed by atoms with Crippen molar-refractivity contribution in [2.24, 2.45) is 11.8 Å². The van der Waals surface area contributed by atoms with Crippen LogP contribution in [-0.4, -0.2) is 32.0 Å². The lowest BCUT2D eigenvalue weighted by molar-refractivity contribution is -0.120. The minimum atomic E-state index is 0. The SMILES string of the molecule is COc1ccc(NC(=O)CCC2CCNCC2)cc1NC(=O)C1CCCCC1.Cl. The molecule has 3 rings (SSSR count). The van der Waals surface area contributed by atoms with E-state index in [2.05, 4.69) is 16.0 Å². The van der Waals surface area contributed by atoms with Gasteiger partial charge < -0.3 is 20.7 Å². The van der Waals surface area contributed by atoms with Crippen molar-refractivity contribution in [2.45, 2.75) is 57.8 Å². The smallest absolute Gasteiger partial charge is 0.227 e. The van der Waals surface area contributed by atoms with Gasteiger partial charge in [0.2, 0.25) is 11.8 Å². The van der Waals surface area contributed by atoms with E-state index in [0.717, 1.165) is 58.0 Å². The second-order valence-corrected chi connectivity index (χ2v) is 8.02. The zero-order chi connectivity index (χ0) is 19.8. The van der Waals surface area contributed by atoms with Crippen molar-refractivity contribution in [1.82, 2.24) is 5.32 Å². The molecule has 162 valence electrons. The Balaban J connectivity index is 0.00000300. The number of benzene rings is 1. The average Bonchev–Trinajstić information content (AvgIpc) is 2.74. The number of rotatable bonds is 7. The summed E-state index contributed by atoms with van der Waals surface area (Å²) in [5.41, 5.74) is 1.31. The minimum Gasteiger partial charge on any atom is -0.495 e. The van der Waals surface area contributed by atoms with Crippen LogP contribution in [0.15, 0.2) is 18.2 Å². The highest BCUT2D eigenvalue weighted by Gasteiger charge is 2.22. The molecule has 1 saturated heterocycles. The number of nitrogens with one attached hydrogen (secondary N) is 3. The maximum Gasteiger partial charge on any atom is 0.227 e. The van der Waals surface area contributed by atoms with Crippen molar-refractivity contribution >= 4 is 35.6 Å². The highest BCUT2D eigenvalue weighted by atomic mass is 35.5. The molecule has 1 saturated carbocycles. The Bertz CT molecular complexity index is 671. The van der Waals surface area contributed by atoms with E-state index in [0.29, 0.717) is 29.5 Å². The fraction of sp³-hybridized carbons (Fsp3) is 0.636. The predicted molar refractivity (Wildman–Crippen MR) is 119 cm³/mol. The lowest BCUT2D eigenvalue weighted by atomic mass is 9.88. The molecule has 29 heavy (non-hydrogen) atoms. The first-order chi connectivity index (χ1) is 13.7. The molecule has 3 N–H and O–H groups in total. The van der Waals surface area contributed by atoms with Crippen LogP contribution in [0.4, 0.5) is 11.4 Å². The number of piperidine rings is 1. The normalized spacial score (nSPS) is 17.8. The molecule has 2 fully saturated rings.